The largest absolute Gasteiger partial charge is 0.272 e. The minimum Gasteiger partial charge on any atom is -0.272 e. The first-order chi connectivity index (χ1) is 14.8. The summed E-state index contributed by atoms with van der Waals surface area (Å²) >= 11 is 12.2. The first-order valence-corrected chi connectivity index (χ1v) is 10.8. The molecule has 3 aromatic rings. The number of aryl methyl sites for hydroxylation is 4. The van der Waals surface area contributed by atoms with Crippen LogP contribution in [-0.2, 0) is 11.3 Å². The Morgan fingerprint density at radius 2 is 1.65 bits per heavy atom. The van der Waals surface area contributed by atoms with Crippen LogP contribution in [-0.4, -0.2) is 28.7 Å². The second-order valence-electron chi connectivity index (χ2n) is 7.67. The Labute approximate surface area is 193 Å². The highest BCUT2D eigenvalue weighted by Gasteiger charge is 2.20. The molecule has 2 heterocycles. The summed E-state index contributed by atoms with van der Waals surface area (Å²) in [4.78, 5) is 10.2. The van der Waals surface area contributed by atoms with Crippen molar-refractivity contribution < 1.29 is 4.84 Å². The Morgan fingerprint density at radius 3 is 2.29 bits per heavy atom. The molecule has 1 aromatic heterocycles. The van der Waals surface area contributed by atoms with E-state index >= 15 is 0 Å². The molecule has 1 aliphatic rings. The van der Waals surface area contributed by atoms with Crippen LogP contribution in [0.2, 0.25) is 10.2 Å². The Bertz CT molecular complexity index is 1070. The third-order valence-electron chi connectivity index (χ3n) is 4.80. The maximum atomic E-state index is 6.31. The smallest absolute Gasteiger partial charge is 0.154 e. The van der Waals surface area contributed by atoms with Crippen LogP contribution in [0.3, 0.4) is 0 Å². The topological polar surface area (TPSA) is 59.4 Å². The van der Waals surface area contributed by atoms with Crippen molar-refractivity contribution in [3.63, 3.8) is 0 Å². The summed E-state index contributed by atoms with van der Waals surface area (Å²) in [7, 11) is 0. The van der Waals surface area contributed by atoms with Crippen molar-refractivity contribution in [3.05, 3.63) is 92.2 Å². The van der Waals surface area contributed by atoms with Gasteiger partial charge < -0.3 is 0 Å². The highest BCUT2D eigenvalue weighted by Crippen LogP contribution is 2.21. The summed E-state index contributed by atoms with van der Waals surface area (Å²) in [5, 5.41) is 8.90. The summed E-state index contributed by atoms with van der Waals surface area (Å²) in [6.07, 6.45) is 0.704. The molecule has 0 aliphatic carbocycles. The zero-order valence-electron chi connectivity index (χ0n) is 18.1. The number of benzene rings is 2. The summed E-state index contributed by atoms with van der Waals surface area (Å²) < 4.78 is 0. The van der Waals surface area contributed by atoms with Crippen molar-refractivity contribution in [1.29, 1.82) is 0 Å². The normalized spacial score (nSPS) is 15.4. The van der Waals surface area contributed by atoms with Gasteiger partial charge in [0.1, 0.15) is 0 Å². The van der Waals surface area contributed by atoms with E-state index in [1.807, 2.05) is 32.0 Å². The van der Waals surface area contributed by atoms with E-state index in [9.17, 15) is 0 Å². The van der Waals surface area contributed by atoms with Gasteiger partial charge in [-0.25, -0.2) is 5.48 Å². The van der Waals surface area contributed by atoms with Gasteiger partial charge in [0.05, 0.1) is 18.3 Å². The number of nitrogens with one attached hydrogen (secondary N) is 1. The molecule has 1 N–H and O–H groups in total. The van der Waals surface area contributed by atoms with Crippen LogP contribution < -0.4 is 5.48 Å². The van der Waals surface area contributed by atoms with E-state index in [4.69, 9.17) is 33.0 Å². The predicted octanol–water partition coefficient (Wildman–Crippen LogP) is 5.60. The number of aromatic nitrogens is 2. The van der Waals surface area contributed by atoms with E-state index < -0.39 is 0 Å². The van der Waals surface area contributed by atoms with Gasteiger partial charge in [-0.2, -0.15) is 5.10 Å². The van der Waals surface area contributed by atoms with Gasteiger partial charge in [0, 0.05) is 10.6 Å². The van der Waals surface area contributed by atoms with Gasteiger partial charge in [-0.1, -0.05) is 70.7 Å². The fraction of sp³-hybridized carbons (Fsp3) is 0.292. The Balaban J connectivity index is 0.000000287. The quantitative estimate of drug-likeness (QED) is 0.557. The minimum atomic E-state index is -0.0298. The number of aliphatic imine (C=N–C) groups is 1. The molecular weight excluding hydrogens is 431 g/mol. The number of halogens is 2. The number of hydrogen-bond acceptors (Lipinski definition) is 5. The fourth-order valence-corrected chi connectivity index (χ4v) is 3.69. The average Bonchev–Trinajstić information content (AvgIpc) is 2.72. The zero-order chi connectivity index (χ0) is 22.4. The molecule has 0 amide bonds. The SMILES string of the molecule is Cc1ccc(CC2CONC(c3cc(Cl)nnc3C)=N2)c(Cl)c1.Cc1cccc(C)c1. The fourth-order valence-electron chi connectivity index (χ4n) is 3.23. The summed E-state index contributed by atoms with van der Waals surface area (Å²) in [6, 6.07) is 16.2. The van der Waals surface area contributed by atoms with E-state index in [0.717, 1.165) is 27.4 Å². The summed E-state index contributed by atoms with van der Waals surface area (Å²) in [5.74, 6) is 0.610. The monoisotopic (exact) mass is 456 g/mol. The lowest BCUT2D eigenvalue weighted by atomic mass is 10.0. The Kier molecular flexibility index (Phi) is 8.02. The van der Waals surface area contributed by atoms with Crippen molar-refractivity contribution in [2.24, 2.45) is 4.99 Å². The van der Waals surface area contributed by atoms with Crippen molar-refractivity contribution >= 4 is 29.0 Å². The van der Waals surface area contributed by atoms with Crippen LogP contribution in [0.15, 0.2) is 53.5 Å². The maximum absolute atomic E-state index is 6.31. The molecular formula is C24H26Cl2N4O. The molecule has 0 bridgehead atoms. The first-order valence-electron chi connectivity index (χ1n) is 10.1. The van der Waals surface area contributed by atoms with Gasteiger partial charge in [0.2, 0.25) is 0 Å². The molecule has 5 nitrogen and oxygen atoms in total. The van der Waals surface area contributed by atoms with Crippen LogP contribution in [0.4, 0.5) is 0 Å². The van der Waals surface area contributed by atoms with Gasteiger partial charge in [0.25, 0.3) is 0 Å². The molecule has 4 rings (SSSR count). The molecule has 2 aromatic carbocycles. The summed E-state index contributed by atoms with van der Waals surface area (Å²) in [6.45, 7) is 8.55. The van der Waals surface area contributed by atoms with Gasteiger partial charge >= 0.3 is 0 Å². The van der Waals surface area contributed by atoms with E-state index in [1.54, 1.807) is 6.07 Å². The third kappa shape index (κ3) is 6.76. The lowest BCUT2D eigenvalue weighted by Gasteiger charge is -2.23. The third-order valence-corrected chi connectivity index (χ3v) is 5.33. The molecule has 0 saturated carbocycles. The molecule has 162 valence electrons. The van der Waals surface area contributed by atoms with Crippen LogP contribution in [0, 0.1) is 27.7 Å². The molecule has 0 saturated heterocycles. The van der Waals surface area contributed by atoms with Crippen molar-refractivity contribution in [1.82, 2.24) is 15.7 Å². The number of nitrogens with zero attached hydrogens (tertiary/aromatic N) is 3. The minimum absolute atomic E-state index is 0.0298. The van der Waals surface area contributed by atoms with Crippen molar-refractivity contribution in [2.75, 3.05) is 6.61 Å². The lowest BCUT2D eigenvalue weighted by Crippen LogP contribution is -2.37. The van der Waals surface area contributed by atoms with Crippen LogP contribution >= 0.6 is 23.2 Å². The standard InChI is InChI=1S/C16H16Cl2N4O.C8H10/c1-9-3-4-11(14(17)5-9)6-12-8-23-22-16(19-12)13-7-15(18)21-20-10(13)2;1-7-4-3-5-8(2)6-7/h3-5,7,12H,6,8H2,1-2H3,(H,19,22);3-6H,1-2H3. The van der Waals surface area contributed by atoms with E-state index in [-0.39, 0.29) is 6.04 Å². The molecule has 31 heavy (non-hydrogen) atoms. The lowest BCUT2D eigenvalue weighted by molar-refractivity contribution is 0.0624. The van der Waals surface area contributed by atoms with E-state index in [2.05, 4.69) is 53.8 Å². The molecule has 0 spiro atoms. The van der Waals surface area contributed by atoms with E-state index in [0.29, 0.717) is 24.0 Å². The van der Waals surface area contributed by atoms with Gasteiger partial charge in [0.15, 0.2) is 11.0 Å². The van der Waals surface area contributed by atoms with Crippen LogP contribution in [0.1, 0.15) is 33.5 Å². The number of hydroxylamine groups is 1. The predicted molar refractivity (Wildman–Crippen MR) is 127 cm³/mol. The molecule has 7 heteroatoms. The number of amidine groups is 1. The van der Waals surface area contributed by atoms with Crippen LogP contribution in [0.5, 0.6) is 0 Å². The average molecular weight is 457 g/mol. The summed E-state index contributed by atoms with van der Waals surface area (Å²) in [5.41, 5.74) is 9.22. The molecule has 1 aliphatic heterocycles. The highest BCUT2D eigenvalue weighted by molar-refractivity contribution is 6.31. The number of hydrogen-bond donors (Lipinski definition) is 1. The van der Waals surface area contributed by atoms with E-state index in [1.165, 1.54) is 11.1 Å². The second-order valence-corrected chi connectivity index (χ2v) is 8.46. The van der Waals surface area contributed by atoms with Gasteiger partial charge in [-0.15, -0.1) is 5.10 Å². The second kappa shape index (κ2) is 10.7. The zero-order valence-corrected chi connectivity index (χ0v) is 19.6. The molecule has 1 atom stereocenters. The van der Waals surface area contributed by atoms with Gasteiger partial charge in [-0.05, 0) is 57.4 Å². The maximum Gasteiger partial charge on any atom is 0.154 e. The van der Waals surface area contributed by atoms with Crippen molar-refractivity contribution in [2.45, 2.75) is 40.2 Å². The Morgan fingerprint density at radius 1 is 0.935 bits per heavy atom. The van der Waals surface area contributed by atoms with Crippen LogP contribution in [0.25, 0.3) is 0 Å². The molecule has 1 unspecified atom stereocenters. The van der Waals surface area contributed by atoms with Crippen molar-refractivity contribution in [3.8, 4) is 0 Å². The molecule has 0 radical (unpaired) electrons. The Hall–Kier alpha value is -2.47. The highest BCUT2D eigenvalue weighted by atomic mass is 35.5. The van der Waals surface area contributed by atoms with Gasteiger partial charge in [-0.3, -0.25) is 9.83 Å². The molecule has 0 fully saturated rings. The first kappa shape index (κ1) is 23.2. The number of rotatable bonds is 3.